The Morgan fingerprint density at radius 3 is 2.07 bits per heavy atom. The van der Waals surface area contributed by atoms with Crippen LogP contribution in [0.1, 0.15) is 11.1 Å². The van der Waals surface area contributed by atoms with Crippen LogP contribution in [0.15, 0.2) is 97.1 Å². The van der Waals surface area contributed by atoms with Gasteiger partial charge in [-0.15, -0.1) is 0 Å². The highest BCUT2D eigenvalue weighted by atomic mass is 35.5. The molecule has 0 spiro atoms. The Balaban J connectivity index is 1.94. The summed E-state index contributed by atoms with van der Waals surface area (Å²) in [5.74, 6) is -0.527. The van der Waals surface area contributed by atoms with E-state index >= 15 is 0 Å². The molecule has 4 heteroatoms. The maximum atomic E-state index is 12.9. The van der Waals surface area contributed by atoms with Crippen LogP contribution in [0, 0.1) is 0 Å². The van der Waals surface area contributed by atoms with Gasteiger partial charge in [0.2, 0.25) is 0 Å². The van der Waals surface area contributed by atoms with Crippen LogP contribution in [-0.2, 0) is 4.79 Å². The lowest BCUT2D eigenvalue weighted by atomic mass is 10.0. The van der Waals surface area contributed by atoms with Crippen molar-refractivity contribution in [3.05, 3.63) is 113 Å². The van der Waals surface area contributed by atoms with E-state index < -0.39 is 5.91 Å². The molecule has 0 aliphatic carbocycles. The molecular weight excluding hydrogens is 358 g/mol. The van der Waals surface area contributed by atoms with Gasteiger partial charge in [0.1, 0.15) is 0 Å². The number of rotatable bonds is 5. The molecule has 0 heterocycles. The Morgan fingerprint density at radius 1 is 0.852 bits per heavy atom. The summed E-state index contributed by atoms with van der Waals surface area (Å²) in [6, 6.07) is 25.4. The van der Waals surface area contributed by atoms with Gasteiger partial charge < -0.3 is 0 Å². The number of hydrogen-bond donors (Lipinski definition) is 1. The summed E-state index contributed by atoms with van der Waals surface area (Å²) in [5.41, 5.74) is 2.43. The standard InChI is InChI=1S/C23H18ClNO2/c24-20-16-14-19(15-17-20)22(13-7-10-18-8-3-1-4-9-18)23(26)25(27)21-11-5-2-6-12-21/h1-17,27H/b10-7+,22-13+. The number of para-hydroxylation sites is 1. The first kappa shape index (κ1) is 18.6. The minimum Gasteiger partial charge on any atom is -0.281 e. The normalized spacial score (nSPS) is 11.6. The highest BCUT2D eigenvalue weighted by molar-refractivity contribution is 6.31. The molecule has 0 aliphatic rings. The predicted octanol–water partition coefficient (Wildman–Crippen LogP) is 5.86. The first-order chi connectivity index (χ1) is 13.1. The minimum absolute atomic E-state index is 0.352. The molecule has 3 nitrogen and oxygen atoms in total. The number of hydrogen-bond acceptors (Lipinski definition) is 2. The summed E-state index contributed by atoms with van der Waals surface area (Å²) >= 11 is 5.96. The number of benzene rings is 3. The molecule has 1 amide bonds. The number of amides is 1. The van der Waals surface area contributed by atoms with Crippen LogP contribution in [0.2, 0.25) is 5.02 Å². The molecule has 0 aromatic heterocycles. The average molecular weight is 376 g/mol. The molecule has 0 aliphatic heterocycles. The topological polar surface area (TPSA) is 40.5 Å². The van der Waals surface area contributed by atoms with Crippen molar-refractivity contribution in [2.75, 3.05) is 5.06 Å². The average Bonchev–Trinajstić information content (AvgIpc) is 2.72. The summed E-state index contributed by atoms with van der Waals surface area (Å²) in [5, 5.41) is 11.6. The number of hydroxylamine groups is 1. The van der Waals surface area contributed by atoms with Crippen LogP contribution in [0.4, 0.5) is 5.69 Å². The molecule has 0 bridgehead atoms. The lowest BCUT2D eigenvalue weighted by Crippen LogP contribution is -2.27. The molecule has 0 unspecified atom stereocenters. The summed E-state index contributed by atoms with van der Waals surface area (Å²) in [7, 11) is 0. The van der Waals surface area contributed by atoms with Gasteiger partial charge in [-0.05, 0) is 41.5 Å². The Bertz CT molecular complexity index is 949. The number of nitrogens with zero attached hydrogens (tertiary/aromatic N) is 1. The van der Waals surface area contributed by atoms with Gasteiger partial charge >= 0.3 is 0 Å². The maximum absolute atomic E-state index is 12.9. The third-order valence-corrected chi connectivity index (χ3v) is 4.18. The summed E-state index contributed by atoms with van der Waals surface area (Å²) in [4.78, 5) is 12.9. The highest BCUT2D eigenvalue weighted by Crippen LogP contribution is 2.23. The molecule has 0 saturated heterocycles. The summed E-state index contributed by atoms with van der Waals surface area (Å²) < 4.78 is 0. The number of anilines is 1. The van der Waals surface area contributed by atoms with Crippen molar-refractivity contribution >= 4 is 34.8 Å². The van der Waals surface area contributed by atoms with E-state index in [2.05, 4.69) is 0 Å². The second-order valence-electron chi connectivity index (χ2n) is 5.81. The minimum atomic E-state index is -0.527. The van der Waals surface area contributed by atoms with Gasteiger partial charge in [-0.25, -0.2) is 0 Å². The summed E-state index contributed by atoms with van der Waals surface area (Å²) in [6.45, 7) is 0. The smallest absolute Gasteiger partial charge is 0.281 e. The van der Waals surface area contributed by atoms with E-state index in [1.54, 1.807) is 60.7 Å². The molecule has 27 heavy (non-hydrogen) atoms. The van der Waals surface area contributed by atoms with Crippen LogP contribution in [0.3, 0.4) is 0 Å². The Morgan fingerprint density at radius 2 is 1.44 bits per heavy atom. The Labute approximate surface area is 163 Å². The van der Waals surface area contributed by atoms with E-state index in [9.17, 15) is 10.0 Å². The molecule has 0 radical (unpaired) electrons. The first-order valence-electron chi connectivity index (χ1n) is 8.43. The number of carbonyl (C=O) groups is 1. The Kier molecular flexibility index (Phi) is 6.21. The van der Waals surface area contributed by atoms with Crippen LogP contribution in [0.5, 0.6) is 0 Å². The van der Waals surface area contributed by atoms with E-state index in [1.807, 2.05) is 42.5 Å². The molecular formula is C23H18ClNO2. The van der Waals surface area contributed by atoms with Crippen LogP contribution in [-0.4, -0.2) is 11.1 Å². The van der Waals surface area contributed by atoms with Crippen molar-refractivity contribution in [1.82, 2.24) is 0 Å². The molecule has 3 rings (SSSR count). The van der Waals surface area contributed by atoms with Gasteiger partial charge in [0.05, 0.1) is 5.69 Å². The molecule has 0 saturated carbocycles. The van der Waals surface area contributed by atoms with E-state index in [-0.39, 0.29) is 0 Å². The van der Waals surface area contributed by atoms with E-state index in [0.29, 0.717) is 26.9 Å². The Hall–Kier alpha value is -3.14. The van der Waals surface area contributed by atoms with Crippen LogP contribution >= 0.6 is 11.6 Å². The fourth-order valence-electron chi connectivity index (χ4n) is 2.54. The van der Waals surface area contributed by atoms with Gasteiger partial charge in [0.15, 0.2) is 0 Å². The van der Waals surface area contributed by atoms with Crippen molar-refractivity contribution in [3.63, 3.8) is 0 Å². The van der Waals surface area contributed by atoms with Crippen molar-refractivity contribution in [2.24, 2.45) is 0 Å². The van der Waals surface area contributed by atoms with Crippen molar-refractivity contribution < 1.29 is 10.0 Å². The quantitative estimate of drug-likeness (QED) is 0.262. The lowest BCUT2D eigenvalue weighted by molar-refractivity contribution is -0.118. The molecule has 3 aromatic carbocycles. The fourth-order valence-corrected chi connectivity index (χ4v) is 2.67. The first-order valence-corrected chi connectivity index (χ1v) is 8.81. The molecule has 0 atom stereocenters. The van der Waals surface area contributed by atoms with E-state index in [4.69, 9.17) is 11.6 Å². The molecule has 3 aromatic rings. The van der Waals surface area contributed by atoms with Gasteiger partial charge in [0, 0.05) is 10.6 Å². The third kappa shape index (κ3) is 4.94. The zero-order valence-corrected chi connectivity index (χ0v) is 15.3. The van der Waals surface area contributed by atoms with Crippen molar-refractivity contribution in [3.8, 4) is 0 Å². The molecule has 1 N–H and O–H groups in total. The number of allylic oxidation sites excluding steroid dienone is 2. The predicted molar refractivity (Wildman–Crippen MR) is 111 cm³/mol. The van der Waals surface area contributed by atoms with Crippen LogP contribution in [0.25, 0.3) is 11.6 Å². The van der Waals surface area contributed by atoms with Crippen molar-refractivity contribution in [1.29, 1.82) is 0 Å². The lowest BCUT2D eigenvalue weighted by Gasteiger charge is -2.17. The summed E-state index contributed by atoms with van der Waals surface area (Å²) in [6.07, 6.45) is 5.37. The van der Waals surface area contributed by atoms with Gasteiger partial charge in [0.25, 0.3) is 5.91 Å². The maximum Gasteiger partial charge on any atom is 0.282 e. The zero-order valence-electron chi connectivity index (χ0n) is 14.5. The zero-order chi connectivity index (χ0) is 19.1. The van der Waals surface area contributed by atoms with E-state index in [0.717, 1.165) is 5.56 Å². The van der Waals surface area contributed by atoms with Crippen molar-refractivity contribution in [2.45, 2.75) is 0 Å². The molecule has 0 fully saturated rings. The van der Waals surface area contributed by atoms with Gasteiger partial charge in [-0.2, -0.15) is 5.06 Å². The number of carbonyl (C=O) groups excluding carboxylic acids is 1. The highest BCUT2D eigenvalue weighted by Gasteiger charge is 2.19. The second kappa shape index (κ2) is 8.99. The second-order valence-corrected chi connectivity index (χ2v) is 6.25. The SMILES string of the molecule is O=C(/C(=C/C=C/c1ccccc1)c1ccc(Cl)cc1)N(O)c1ccccc1. The number of halogens is 1. The van der Waals surface area contributed by atoms with Gasteiger partial charge in [-0.1, -0.05) is 84.4 Å². The van der Waals surface area contributed by atoms with Gasteiger partial charge in [-0.3, -0.25) is 10.0 Å². The van der Waals surface area contributed by atoms with Crippen LogP contribution < -0.4 is 5.06 Å². The molecule has 134 valence electrons. The monoisotopic (exact) mass is 375 g/mol. The van der Waals surface area contributed by atoms with E-state index in [1.165, 1.54) is 0 Å². The fraction of sp³-hybridized carbons (Fsp3) is 0. The largest absolute Gasteiger partial charge is 0.282 e. The third-order valence-electron chi connectivity index (χ3n) is 3.93.